The number of unbranched alkanes of at least 4 members (excludes halogenated alkanes) is 3. The van der Waals surface area contributed by atoms with E-state index in [1.165, 1.54) is 12.8 Å². The van der Waals surface area contributed by atoms with Crippen molar-refractivity contribution in [3.63, 3.8) is 0 Å². The number of ether oxygens (including phenoxy) is 2. The van der Waals surface area contributed by atoms with Crippen LogP contribution >= 0.6 is 0 Å². The van der Waals surface area contributed by atoms with Gasteiger partial charge in [-0.3, -0.25) is 0 Å². The molecule has 0 unspecified atom stereocenters. The molecule has 0 heterocycles. The minimum Gasteiger partial charge on any atom is -0.466 e. The summed E-state index contributed by atoms with van der Waals surface area (Å²) in [5.41, 5.74) is 0.339. The van der Waals surface area contributed by atoms with Gasteiger partial charge in [0.25, 0.3) is 5.95 Å². The highest BCUT2D eigenvalue weighted by atomic mass is 16.7. The average molecular weight is 212 g/mol. The Morgan fingerprint density at radius 2 is 1.87 bits per heavy atom. The Hall–Kier alpha value is -1.25. The number of hydrogen-bond acceptors (Lipinski definition) is 3. The van der Waals surface area contributed by atoms with Crippen molar-refractivity contribution in [2.24, 2.45) is 0 Å². The van der Waals surface area contributed by atoms with Crippen molar-refractivity contribution in [3.8, 4) is 0 Å². The molecule has 0 spiro atoms. The van der Waals surface area contributed by atoms with Gasteiger partial charge >= 0.3 is 5.97 Å². The Labute approximate surface area is 91.8 Å². The Bertz CT molecular complexity index is 231. The summed E-state index contributed by atoms with van der Waals surface area (Å²) in [5.74, 6) is -0.437. The summed E-state index contributed by atoms with van der Waals surface area (Å²) in [7, 11) is 0. The molecule has 0 rings (SSSR count). The molecule has 15 heavy (non-hydrogen) atoms. The fraction of sp³-hybridized carbons (Fsp3) is 0.583. The second-order valence-electron chi connectivity index (χ2n) is 3.45. The number of hydrogen-bond donors (Lipinski definition) is 0. The monoisotopic (exact) mass is 212 g/mol. The van der Waals surface area contributed by atoms with Gasteiger partial charge < -0.3 is 9.47 Å². The maximum atomic E-state index is 11.0. The van der Waals surface area contributed by atoms with E-state index in [0.717, 1.165) is 12.8 Å². The molecular weight excluding hydrogens is 192 g/mol. The Kier molecular flexibility index (Phi) is 7.42. The van der Waals surface area contributed by atoms with Crippen LogP contribution in [0.2, 0.25) is 0 Å². The first-order valence-electron chi connectivity index (χ1n) is 5.27. The zero-order valence-electron chi connectivity index (χ0n) is 9.67. The van der Waals surface area contributed by atoms with Crippen LogP contribution < -0.4 is 0 Å². The molecule has 0 fully saturated rings. The lowest BCUT2D eigenvalue weighted by Crippen LogP contribution is -2.07. The van der Waals surface area contributed by atoms with Gasteiger partial charge in [-0.2, -0.15) is 0 Å². The summed E-state index contributed by atoms with van der Waals surface area (Å²) in [6, 6.07) is 0. The molecule has 0 N–H and O–H groups in total. The van der Waals surface area contributed by atoms with Crippen LogP contribution in [0.25, 0.3) is 0 Å². The molecule has 0 bridgehead atoms. The van der Waals surface area contributed by atoms with E-state index in [1.54, 1.807) is 6.92 Å². The standard InChI is InChI=1S/C12H20O3/c1-5-6-7-8-9-14-11(4)15-12(13)10(2)3/h2,4-9H2,1,3H3. The molecule has 0 aromatic carbocycles. The van der Waals surface area contributed by atoms with Crippen molar-refractivity contribution in [2.75, 3.05) is 6.61 Å². The summed E-state index contributed by atoms with van der Waals surface area (Å²) in [6.45, 7) is 11.2. The third-order valence-electron chi connectivity index (χ3n) is 1.82. The maximum Gasteiger partial charge on any atom is 0.340 e. The number of carbonyl (C=O) groups excluding carboxylic acids is 1. The topological polar surface area (TPSA) is 35.5 Å². The van der Waals surface area contributed by atoms with E-state index in [1.807, 2.05) is 0 Å². The fourth-order valence-electron chi connectivity index (χ4n) is 0.935. The molecule has 3 nitrogen and oxygen atoms in total. The van der Waals surface area contributed by atoms with Crippen LogP contribution in [0.4, 0.5) is 0 Å². The largest absolute Gasteiger partial charge is 0.466 e. The fourth-order valence-corrected chi connectivity index (χ4v) is 0.935. The van der Waals surface area contributed by atoms with Crippen molar-refractivity contribution < 1.29 is 14.3 Å². The molecule has 0 saturated carbocycles. The van der Waals surface area contributed by atoms with Crippen LogP contribution in [-0.2, 0) is 14.3 Å². The lowest BCUT2D eigenvalue weighted by Gasteiger charge is -2.08. The van der Waals surface area contributed by atoms with Crippen LogP contribution in [0.15, 0.2) is 24.7 Å². The van der Waals surface area contributed by atoms with E-state index in [0.29, 0.717) is 12.2 Å². The van der Waals surface area contributed by atoms with Gasteiger partial charge in [0.15, 0.2) is 0 Å². The van der Waals surface area contributed by atoms with E-state index < -0.39 is 5.97 Å². The maximum absolute atomic E-state index is 11.0. The Morgan fingerprint density at radius 1 is 1.20 bits per heavy atom. The predicted molar refractivity (Wildman–Crippen MR) is 60.1 cm³/mol. The van der Waals surface area contributed by atoms with Gasteiger partial charge in [-0.1, -0.05) is 32.8 Å². The van der Waals surface area contributed by atoms with E-state index in [2.05, 4.69) is 20.1 Å². The molecule has 0 aliphatic carbocycles. The van der Waals surface area contributed by atoms with Crippen molar-refractivity contribution in [1.29, 1.82) is 0 Å². The van der Waals surface area contributed by atoms with E-state index in [-0.39, 0.29) is 5.95 Å². The lowest BCUT2D eigenvalue weighted by molar-refractivity contribution is -0.140. The molecule has 3 heteroatoms. The summed E-state index contributed by atoms with van der Waals surface area (Å²) in [5, 5.41) is 0. The average Bonchev–Trinajstić information content (AvgIpc) is 2.17. The molecule has 0 atom stereocenters. The zero-order valence-corrected chi connectivity index (χ0v) is 9.67. The molecule has 0 radical (unpaired) electrons. The molecule has 0 aromatic rings. The molecular formula is C12H20O3. The minimum absolute atomic E-state index is 0.0551. The smallest absolute Gasteiger partial charge is 0.340 e. The lowest BCUT2D eigenvalue weighted by atomic mass is 10.2. The second-order valence-corrected chi connectivity index (χ2v) is 3.45. The van der Waals surface area contributed by atoms with Gasteiger partial charge in [0.2, 0.25) is 0 Å². The Morgan fingerprint density at radius 3 is 2.40 bits per heavy atom. The van der Waals surface area contributed by atoms with Crippen molar-refractivity contribution in [3.05, 3.63) is 24.7 Å². The van der Waals surface area contributed by atoms with E-state index in [9.17, 15) is 4.79 Å². The third-order valence-corrected chi connectivity index (χ3v) is 1.82. The summed E-state index contributed by atoms with van der Waals surface area (Å²) < 4.78 is 9.89. The molecule has 0 aliphatic heterocycles. The highest BCUT2D eigenvalue weighted by Crippen LogP contribution is 2.05. The molecule has 86 valence electrons. The molecule has 0 aliphatic rings. The van der Waals surface area contributed by atoms with Crippen LogP contribution in [-0.4, -0.2) is 12.6 Å². The van der Waals surface area contributed by atoms with Gasteiger partial charge in [0, 0.05) is 5.57 Å². The first-order valence-corrected chi connectivity index (χ1v) is 5.27. The van der Waals surface area contributed by atoms with Crippen LogP contribution in [0.5, 0.6) is 0 Å². The quantitative estimate of drug-likeness (QED) is 0.268. The van der Waals surface area contributed by atoms with Gasteiger partial charge in [0.05, 0.1) is 6.61 Å². The van der Waals surface area contributed by atoms with E-state index in [4.69, 9.17) is 9.47 Å². The third kappa shape index (κ3) is 7.79. The second kappa shape index (κ2) is 8.09. The van der Waals surface area contributed by atoms with Crippen LogP contribution in [0.3, 0.4) is 0 Å². The van der Waals surface area contributed by atoms with Crippen molar-refractivity contribution in [2.45, 2.75) is 39.5 Å². The normalized spacial score (nSPS) is 9.47. The number of rotatable bonds is 8. The zero-order chi connectivity index (χ0) is 11.7. The SMILES string of the molecule is C=C(OCCCCCC)OC(=O)C(=C)C. The van der Waals surface area contributed by atoms with Crippen LogP contribution in [0, 0.1) is 0 Å². The van der Waals surface area contributed by atoms with Gasteiger partial charge in [0.1, 0.15) is 0 Å². The minimum atomic E-state index is -0.492. The first kappa shape index (κ1) is 13.8. The van der Waals surface area contributed by atoms with Gasteiger partial charge in [-0.15, -0.1) is 0 Å². The Balaban J connectivity index is 3.49. The van der Waals surface area contributed by atoms with Gasteiger partial charge in [-0.05, 0) is 19.9 Å². The first-order chi connectivity index (χ1) is 7.07. The highest BCUT2D eigenvalue weighted by Gasteiger charge is 2.06. The highest BCUT2D eigenvalue weighted by molar-refractivity contribution is 5.87. The number of carbonyl (C=O) groups is 1. The number of esters is 1. The van der Waals surface area contributed by atoms with Gasteiger partial charge in [-0.25, -0.2) is 4.79 Å². The predicted octanol–water partition coefficient (Wildman–Crippen LogP) is 3.17. The molecule has 0 saturated heterocycles. The summed E-state index contributed by atoms with van der Waals surface area (Å²) in [4.78, 5) is 11.0. The molecule has 0 amide bonds. The van der Waals surface area contributed by atoms with Crippen molar-refractivity contribution >= 4 is 5.97 Å². The molecule has 0 aromatic heterocycles. The van der Waals surface area contributed by atoms with Crippen molar-refractivity contribution in [1.82, 2.24) is 0 Å². The van der Waals surface area contributed by atoms with Crippen LogP contribution in [0.1, 0.15) is 39.5 Å². The summed E-state index contributed by atoms with van der Waals surface area (Å²) in [6.07, 6.45) is 4.46. The summed E-state index contributed by atoms with van der Waals surface area (Å²) >= 11 is 0. The van der Waals surface area contributed by atoms with E-state index >= 15 is 0 Å².